The molecule has 1 atom stereocenters. The molecular weight excluding hydrogens is 407 g/mol. The Balaban J connectivity index is 0.00000101. The van der Waals surface area contributed by atoms with Crippen molar-refractivity contribution in [1.82, 2.24) is 4.90 Å². The average Bonchev–Trinajstić information content (AvgIpc) is 2.82. The zero-order valence-corrected chi connectivity index (χ0v) is 21.0. The Labute approximate surface area is 201 Å². The van der Waals surface area contributed by atoms with Crippen LogP contribution in [0.1, 0.15) is 58.1 Å². The van der Waals surface area contributed by atoms with Crippen LogP contribution < -0.4 is 5.73 Å². The predicted molar refractivity (Wildman–Crippen MR) is 144 cm³/mol. The van der Waals surface area contributed by atoms with Gasteiger partial charge in [-0.3, -0.25) is 4.90 Å². The number of allylic oxidation sites excluding steroid dienone is 1. The summed E-state index contributed by atoms with van der Waals surface area (Å²) in [5.41, 5.74) is 11.4. The molecule has 2 N–H and O–H groups in total. The molecule has 3 aromatic carbocycles. The zero-order chi connectivity index (χ0) is 24.6. The highest BCUT2D eigenvalue weighted by Gasteiger charge is 2.15. The predicted octanol–water partition coefficient (Wildman–Crippen LogP) is 8.31. The van der Waals surface area contributed by atoms with E-state index in [1.807, 2.05) is 39.0 Å². The Hall–Kier alpha value is -2.91. The number of nitrogens with zero attached hydrogens (tertiary/aromatic N) is 1. The summed E-state index contributed by atoms with van der Waals surface area (Å²) in [7, 11) is 0. The van der Waals surface area contributed by atoms with E-state index in [2.05, 4.69) is 61.7 Å². The molecule has 0 amide bonds. The highest BCUT2D eigenvalue weighted by atomic mass is 19.1. The van der Waals surface area contributed by atoms with Gasteiger partial charge in [-0.05, 0) is 72.3 Å². The van der Waals surface area contributed by atoms with E-state index in [0.717, 1.165) is 48.4 Å². The summed E-state index contributed by atoms with van der Waals surface area (Å²) in [5, 5.41) is 0. The maximum atomic E-state index is 13.6. The molecule has 0 aliphatic heterocycles. The molecule has 0 saturated heterocycles. The first kappa shape index (κ1) is 28.1. The molecule has 1 unspecified atom stereocenters. The van der Waals surface area contributed by atoms with Gasteiger partial charge in [0.2, 0.25) is 0 Å². The van der Waals surface area contributed by atoms with Gasteiger partial charge in [-0.1, -0.05) is 82.3 Å². The first-order valence-corrected chi connectivity index (χ1v) is 12.0. The molecule has 2 nitrogen and oxygen atoms in total. The van der Waals surface area contributed by atoms with Gasteiger partial charge in [0.15, 0.2) is 0 Å². The Bertz CT molecular complexity index is 937. The lowest BCUT2D eigenvalue weighted by Crippen LogP contribution is -2.28. The van der Waals surface area contributed by atoms with Crippen molar-refractivity contribution in [3.8, 4) is 11.1 Å². The summed E-state index contributed by atoms with van der Waals surface area (Å²) >= 11 is 0. The molecule has 0 aliphatic rings. The minimum atomic E-state index is -0.221. The van der Waals surface area contributed by atoms with Crippen LogP contribution in [0.25, 0.3) is 11.1 Å². The lowest BCUT2D eigenvalue weighted by atomic mass is 9.94. The molecule has 0 bridgehead atoms. The number of hydrogen-bond donors (Lipinski definition) is 1. The highest BCUT2D eigenvalue weighted by Crippen LogP contribution is 2.30. The van der Waals surface area contributed by atoms with Crippen LogP contribution in [-0.2, 0) is 6.54 Å². The maximum absolute atomic E-state index is 13.6. The fourth-order valence-corrected chi connectivity index (χ4v) is 3.73. The number of rotatable bonds is 8. The van der Waals surface area contributed by atoms with Crippen LogP contribution in [-0.4, -0.2) is 18.0 Å². The van der Waals surface area contributed by atoms with Gasteiger partial charge in [-0.2, -0.15) is 0 Å². The van der Waals surface area contributed by atoms with E-state index in [-0.39, 0.29) is 11.7 Å². The zero-order valence-electron chi connectivity index (χ0n) is 21.0. The Morgan fingerprint density at radius 1 is 0.970 bits per heavy atom. The van der Waals surface area contributed by atoms with Gasteiger partial charge >= 0.3 is 0 Å². The second kappa shape index (κ2) is 15.8. The van der Waals surface area contributed by atoms with E-state index < -0.39 is 0 Å². The van der Waals surface area contributed by atoms with Crippen LogP contribution >= 0.6 is 0 Å². The second-order valence-corrected chi connectivity index (χ2v) is 7.88. The summed E-state index contributed by atoms with van der Waals surface area (Å²) < 4.78 is 13.6. The van der Waals surface area contributed by atoms with Crippen molar-refractivity contribution in [1.29, 1.82) is 0 Å². The monoisotopic (exact) mass is 448 g/mol. The molecule has 0 fully saturated rings. The highest BCUT2D eigenvalue weighted by molar-refractivity contribution is 5.68. The largest absolute Gasteiger partial charge is 0.398 e. The SMILES string of the molecule is C=CC.CC.CCCN(Cc1ccccc1)CC(C)c1cc(-c2cccc(F)c2)ccc1N. The fraction of sp³-hybridized carbons (Fsp3) is 0.333. The number of benzene rings is 3. The molecule has 3 aromatic rings. The van der Waals surface area contributed by atoms with Crippen LogP contribution in [0.3, 0.4) is 0 Å². The number of nitrogen functional groups attached to an aromatic ring is 1. The van der Waals surface area contributed by atoms with E-state index in [1.54, 1.807) is 18.2 Å². The summed E-state index contributed by atoms with van der Waals surface area (Å²) in [6.07, 6.45) is 2.86. The number of anilines is 1. The van der Waals surface area contributed by atoms with Crippen molar-refractivity contribution in [2.45, 2.75) is 53.5 Å². The van der Waals surface area contributed by atoms with Crippen LogP contribution in [0, 0.1) is 5.82 Å². The topological polar surface area (TPSA) is 29.3 Å². The van der Waals surface area contributed by atoms with Crippen molar-refractivity contribution < 1.29 is 4.39 Å². The molecular formula is C30H41FN2. The normalized spacial score (nSPS) is 11.0. The van der Waals surface area contributed by atoms with Crippen LogP contribution in [0.2, 0.25) is 0 Å². The van der Waals surface area contributed by atoms with Gasteiger partial charge < -0.3 is 5.73 Å². The standard InChI is InChI=1S/C25H29FN2.C3H6.C2H6/c1-3-14-28(18-20-8-5-4-6-9-20)17-19(2)24-16-22(12-13-25(24)27)21-10-7-11-23(26)15-21;1-3-2;1-2/h4-13,15-16,19H,3,14,17-18,27H2,1-2H3;3H,1H2,2H3;1-2H3. The third kappa shape index (κ3) is 9.63. The molecule has 3 rings (SSSR count). The summed E-state index contributed by atoms with van der Waals surface area (Å²) in [6, 6.07) is 23.3. The van der Waals surface area contributed by atoms with Gasteiger partial charge in [0.05, 0.1) is 0 Å². The van der Waals surface area contributed by atoms with Gasteiger partial charge in [-0.25, -0.2) is 4.39 Å². The molecule has 3 heteroatoms. The maximum Gasteiger partial charge on any atom is 0.123 e. The third-order valence-electron chi connectivity index (χ3n) is 5.10. The van der Waals surface area contributed by atoms with Crippen molar-refractivity contribution >= 4 is 5.69 Å². The van der Waals surface area contributed by atoms with E-state index in [9.17, 15) is 4.39 Å². The van der Waals surface area contributed by atoms with Crippen molar-refractivity contribution in [3.05, 3.63) is 102 Å². The minimum Gasteiger partial charge on any atom is -0.398 e. The quantitative estimate of drug-likeness (QED) is 0.277. The Kier molecular flexibility index (Phi) is 13.5. The van der Waals surface area contributed by atoms with Crippen LogP contribution in [0.4, 0.5) is 10.1 Å². The minimum absolute atomic E-state index is 0.221. The molecule has 0 aliphatic carbocycles. The first-order valence-electron chi connectivity index (χ1n) is 12.0. The van der Waals surface area contributed by atoms with Gasteiger partial charge in [-0.15, -0.1) is 6.58 Å². The smallest absolute Gasteiger partial charge is 0.123 e. The molecule has 0 radical (unpaired) electrons. The van der Waals surface area contributed by atoms with E-state index >= 15 is 0 Å². The first-order chi connectivity index (χ1) is 16.0. The van der Waals surface area contributed by atoms with Gasteiger partial charge in [0.1, 0.15) is 5.82 Å². The summed E-state index contributed by atoms with van der Waals surface area (Å²) in [6.45, 7) is 16.6. The summed E-state index contributed by atoms with van der Waals surface area (Å²) in [4.78, 5) is 2.48. The van der Waals surface area contributed by atoms with Crippen molar-refractivity contribution in [2.24, 2.45) is 0 Å². The molecule has 0 heterocycles. The fourth-order valence-electron chi connectivity index (χ4n) is 3.73. The van der Waals surface area contributed by atoms with E-state index in [4.69, 9.17) is 5.73 Å². The molecule has 0 aromatic heterocycles. The van der Waals surface area contributed by atoms with Gasteiger partial charge in [0, 0.05) is 18.8 Å². The average molecular weight is 449 g/mol. The van der Waals surface area contributed by atoms with Gasteiger partial charge in [0.25, 0.3) is 0 Å². The Morgan fingerprint density at radius 3 is 2.21 bits per heavy atom. The third-order valence-corrected chi connectivity index (χ3v) is 5.10. The van der Waals surface area contributed by atoms with Crippen LogP contribution in [0.15, 0.2) is 85.5 Å². The lowest BCUT2D eigenvalue weighted by molar-refractivity contribution is 0.253. The van der Waals surface area contributed by atoms with E-state index in [0.29, 0.717) is 0 Å². The number of hydrogen-bond acceptors (Lipinski definition) is 2. The Morgan fingerprint density at radius 2 is 1.61 bits per heavy atom. The number of halogens is 1. The second-order valence-electron chi connectivity index (χ2n) is 7.88. The summed E-state index contributed by atoms with van der Waals surface area (Å²) in [5.74, 6) is 0.0599. The van der Waals surface area contributed by atoms with Crippen LogP contribution in [0.5, 0.6) is 0 Å². The van der Waals surface area contributed by atoms with E-state index in [1.165, 1.54) is 11.6 Å². The van der Waals surface area contributed by atoms with Crippen molar-refractivity contribution in [3.63, 3.8) is 0 Å². The lowest BCUT2D eigenvalue weighted by Gasteiger charge is -2.26. The molecule has 0 saturated carbocycles. The van der Waals surface area contributed by atoms with Crippen molar-refractivity contribution in [2.75, 3.05) is 18.8 Å². The molecule has 178 valence electrons. The molecule has 0 spiro atoms. The number of nitrogens with two attached hydrogens (primary N) is 1. The molecule has 33 heavy (non-hydrogen) atoms.